The minimum atomic E-state index is -5.33. The number of nitrogens with zero attached hydrogens (tertiary/aromatic N) is 2. The van der Waals surface area contributed by atoms with Gasteiger partial charge >= 0.3 is 109 Å². The van der Waals surface area contributed by atoms with Gasteiger partial charge in [-0.2, -0.15) is 9.79 Å². The first-order valence-electron chi connectivity index (χ1n) is 7.19. The number of pyridine rings is 1. The van der Waals surface area contributed by atoms with Crippen LogP contribution < -0.4 is 125 Å². The van der Waals surface area contributed by atoms with E-state index in [1.165, 1.54) is 0 Å². The first-order chi connectivity index (χ1) is 13.2. The van der Waals surface area contributed by atoms with Gasteiger partial charge in [-0.15, -0.1) is 0 Å². The number of allylic oxidation sites excluding steroid dienone is 1. The molecule has 1 aromatic carbocycles. The van der Waals surface area contributed by atoms with Gasteiger partial charge in [0.2, 0.25) is 5.88 Å². The molecule has 1 aliphatic rings. The summed E-state index contributed by atoms with van der Waals surface area (Å²) in [4.78, 5) is 21.8. The fraction of sp³-hybridized carbons (Fsp3) is 0. The normalized spacial score (nSPS) is 13.1. The predicted octanol–water partition coefficient (Wildman–Crippen LogP) is -8.22. The van der Waals surface area contributed by atoms with E-state index in [4.69, 9.17) is 17.0 Å². The summed E-state index contributed by atoms with van der Waals surface area (Å²) in [6, 6.07) is -0.236. The molecular weight excluding hydrogens is 512 g/mol. The van der Waals surface area contributed by atoms with E-state index in [0.717, 1.165) is 0 Å². The number of primary amides is 1. The standard InChI is InChI=1S/C13H11N5O9S2.2K/c14-10-5-1-4(28(22,23)24)2-6-9(5)7(3-8(10)29(25,26)27)12(20)17(11(6)19)18(16)13(15)21;;/h1-3,14,19H,16H2,(H2,15,21)(H,22,23,24)(H,25,26,27);;/q;2*+1/p-2. The van der Waals surface area contributed by atoms with E-state index in [2.05, 4.69) is 0 Å². The molecule has 154 valence electrons. The van der Waals surface area contributed by atoms with Crippen molar-refractivity contribution in [1.29, 1.82) is 5.41 Å². The topological polar surface area (TPSA) is 253 Å². The van der Waals surface area contributed by atoms with Crippen molar-refractivity contribution in [2.24, 2.45) is 11.6 Å². The summed E-state index contributed by atoms with van der Waals surface area (Å²) in [5, 5.41) is 17.4. The van der Waals surface area contributed by atoms with Gasteiger partial charge in [0.25, 0.3) is 5.56 Å². The van der Waals surface area contributed by atoms with Crippen LogP contribution in [0.3, 0.4) is 0 Å². The molecule has 2 aromatic rings. The molecule has 14 nitrogen and oxygen atoms in total. The zero-order chi connectivity index (χ0) is 22.0. The number of carbonyl (C=O) groups excluding carboxylic acids is 1. The second kappa shape index (κ2) is 9.68. The molecule has 3 rings (SSSR count). The number of amides is 2. The molecule has 1 aromatic heterocycles. The van der Waals surface area contributed by atoms with Gasteiger partial charge in [-0.1, -0.05) is 0 Å². The van der Waals surface area contributed by atoms with Crippen LogP contribution >= 0.6 is 0 Å². The zero-order valence-corrected chi connectivity index (χ0v) is 23.7. The van der Waals surface area contributed by atoms with Crippen molar-refractivity contribution in [3.8, 4) is 5.88 Å². The number of carbonyl (C=O) groups is 1. The Kier molecular flexibility index (Phi) is 9.05. The Balaban J connectivity index is 0.00000240. The number of benzene rings is 1. The van der Waals surface area contributed by atoms with Crippen LogP contribution in [0.4, 0.5) is 4.79 Å². The average molecular weight is 522 g/mol. The number of nitrogens with two attached hydrogens (primary N) is 2. The SMILES string of the molecule is N=C1C(S(=O)(=O)[O-])=Cc2c(=O)n(N(N)C(N)=O)c(O)c3cc(S(=O)(=O)[O-])cc1c23.[K+].[K+]. The van der Waals surface area contributed by atoms with Gasteiger partial charge in [-0.05, 0) is 18.2 Å². The maximum atomic E-state index is 12.7. The molecular formula is C13H9K2N5O9S2. The van der Waals surface area contributed by atoms with Crippen molar-refractivity contribution >= 4 is 48.8 Å². The summed E-state index contributed by atoms with van der Waals surface area (Å²) in [6.45, 7) is 0. The Morgan fingerprint density at radius 3 is 2.13 bits per heavy atom. The second-order valence-corrected chi connectivity index (χ2v) is 8.45. The molecule has 31 heavy (non-hydrogen) atoms. The van der Waals surface area contributed by atoms with Gasteiger partial charge in [0.1, 0.15) is 20.2 Å². The monoisotopic (exact) mass is 521 g/mol. The number of rotatable bonds is 3. The van der Waals surface area contributed by atoms with E-state index < -0.39 is 69.7 Å². The fourth-order valence-electron chi connectivity index (χ4n) is 2.82. The molecule has 1 heterocycles. The molecule has 0 saturated carbocycles. The van der Waals surface area contributed by atoms with E-state index in [1.54, 1.807) is 0 Å². The Hall–Kier alpha value is -0.0373. The van der Waals surface area contributed by atoms with E-state index in [9.17, 15) is 40.6 Å². The molecule has 0 aliphatic heterocycles. The maximum Gasteiger partial charge on any atom is 1.00 e. The van der Waals surface area contributed by atoms with E-state index >= 15 is 0 Å². The third-order valence-corrected chi connectivity index (χ3v) is 5.71. The van der Waals surface area contributed by atoms with E-state index in [1.807, 2.05) is 0 Å². The number of nitrogens with one attached hydrogen (secondary N) is 1. The largest absolute Gasteiger partial charge is 1.00 e. The van der Waals surface area contributed by atoms with Crippen molar-refractivity contribution in [2.45, 2.75) is 4.90 Å². The Labute approximate surface area is 259 Å². The number of aromatic nitrogens is 1. The number of urea groups is 1. The van der Waals surface area contributed by atoms with Crippen LogP contribution in [-0.2, 0) is 20.2 Å². The van der Waals surface area contributed by atoms with E-state index in [-0.39, 0.29) is 118 Å². The first kappa shape index (κ1) is 29.0. The minimum Gasteiger partial charge on any atom is -0.744 e. The molecule has 6 N–H and O–H groups in total. The van der Waals surface area contributed by atoms with Crippen molar-refractivity contribution in [1.82, 2.24) is 4.68 Å². The first-order valence-corrected chi connectivity index (χ1v) is 10.0. The molecule has 0 atom stereocenters. The van der Waals surface area contributed by atoms with Gasteiger partial charge in [0.15, 0.2) is 0 Å². The van der Waals surface area contributed by atoms with Crippen LogP contribution in [0.1, 0.15) is 11.1 Å². The van der Waals surface area contributed by atoms with Crippen molar-refractivity contribution in [3.63, 3.8) is 0 Å². The Bertz CT molecular complexity index is 1450. The third-order valence-electron chi connectivity index (χ3n) is 4.04. The Morgan fingerprint density at radius 1 is 1.13 bits per heavy atom. The van der Waals surface area contributed by atoms with Crippen LogP contribution in [0.2, 0.25) is 0 Å². The molecule has 0 fully saturated rings. The summed E-state index contributed by atoms with van der Waals surface area (Å²) in [5.41, 5.74) is 1.42. The summed E-state index contributed by atoms with van der Waals surface area (Å²) < 4.78 is 69.0. The van der Waals surface area contributed by atoms with Crippen molar-refractivity contribution in [3.05, 3.63) is 38.5 Å². The zero-order valence-electron chi connectivity index (χ0n) is 15.8. The summed E-state index contributed by atoms with van der Waals surface area (Å²) >= 11 is 0. The van der Waals surface area contributed by atoms with Crippen LogP contribution in [0.25, 0.3) is 16.8 Å². The molecule has 2 amide bonds. The van der Waals surface area contributed by atoms with Gasteiger partial charge in [-0.25, -0.2) is 27.5 Å². The smallest absolute Gasteiger partial charge is 0.744 e. The number of hydrogen-bond acceptors (Lipinski definition) is 11. The Morgan fingerprint density at radius 2 is 1.68 bits per heavy atom. The van der Waals surface area contributed by atoms with Gasteiger partial charge in [0, 0.05) is 16.3 Å². The van der Waals surface area contributed by atoms with Crippen LogP contribution in [-0.4, -0.2) is 47.5 Å². The number of hydrazine groups is 1. The van der Waals surface area contributed by atoms with Crippen molar-refractivity contribution in [2.75, 3.05) is 5.12 Å². The average Bonchev–Trinajstić information content (AvgIpc) is 2.58. The minimum absolute atomic E-state index is 0. The van der Waals surface area contributed by atoms with Crippen molar-refractivity contribution < 1.29 is 139 Å². The molecule has 0 spiro atoms. The second-order valence-electron chi connectivity index (χ2n) is 5.72. The van der Waals surface area contributed by atoms with Gasteiger partial charge in [0.05, 0.1) is 21.1 Å². The molecule has 0 radical (unpaired) electrons. The summed E-state index contributed by atoms with van der Waals surface area (Å²) in [7, 11) is -10.5. The summed E-state index contributed by atoms with van der Waals surface area (Å²) in [6.07, 6.45) is 0.512. The number of aromatic hydroxyl groups is 1. The van der Waals surface area contributed by atoms with Crippen LogP contribution in [0.5, 0.6) is 5.88 Å². The van der Waals surface area contributed by atoms with Crippen LogP contribution in [0.15, 0.2) is 26.7 Å². The van der Waals surface area contributed by atoms with E-state index in [0.29, 0.717) is 18.2 Å². The molecule has 0 unspecified atom stereocenters. The van der Waals surface area contributed by atoms with Crippen LogP contribution in [0, 0.1) is 5.41 Å². The van der Waals surface area contributed by atoms with Gasteiger partial charge < -0.3 is 19.9 Å². The quantitative estimate of drug-likeness (QED) is 0.0975. The predicted molar refractivity (Wildman–Crippen MR) is 94.3 cm³/mol. The molecule has 1 aliphatic carbocycles. The van der Waals surface area contributed by atoms with Gasteiger partial charge in [-0.3, -0.25) is 10.2 Å². The maximum absolute atomic E-state index is 12.7. The summed E-state index contributed by atoms with van der Waals surface area (Å²) in [5.74, 6) is 4.19. The molecule has 18 heteroatoms. The molecule has 0 saturated heterocycles. The fourth-order valence-corrected chi connectivity index (χ4v) is 3.97. The number of hydrogen-bond donors (Lipinski definition) is 4. The third kappa shape index (κ3) is 5.07. The molecule has 0 bridgehead atoms.